The lowest BCUT2D eigenvalue weighted by Crippen LogP contribution is -2.51. The molecule has 2 fully saturated rings. The Morgan fingerprint density at radius 2 is 2.05 bits per heavy atom. The molecule has 2 atom stereocenters. The smallest absolute Gasteiger partial charge is 0.407 e. The van der Waals surface area contributed by atoms with Crippen LogP contribution in [0.5, 0.6) is 0 Å². The van der Waals surface area contributed by atoms with Gasteiger partial charge in [-0.15, -0.1) is 0 Å². The summed E-state index contributed by atoms with van der Waals surface area (Å²) in [5.41, 5.74) is -0.747. The molecule has 7 heteroatoms. The quantitative estimate of drug-likeness (QED) is 0.818. The molecule has 2 unspecified atom stereocenters. The Hall–Kier alpha value is -1.40. The molecule has 19 heavy (non-hydrogen) atoms. The second kappa shape index (κ2) is 4.31. The SMILES string of the molecule is O=C(O)N1C2CCC1CC(O)(c1ncncc1Cl)C2. The first-order chi connectivity index (χ1) is 9.01. The van der Waals surface area contributed by atoms with Gasteiger partial charge in [-0.3, -0.25) is 0 Å². The molecule has 3 heterocycles. The van der Waals surface area contributed by atoms with E-state index in [4.69, 9.17) is 11.6 Å². The van der Waals surface area contributed by atoms with Crippen molar-refractivity contribution in [2.75, 3.05) is 0 Å². The van der Waals surface area contributed by atoms with Crippen molar-refractivity contribution in [2.24, 2.45) is 0 Å². The molecule has 0 aliphatic carbocycles. The summed E-state index contributed by atoms with van der Waals surface area (Å²) >= 11 is 6.05. The van der Waals surface area contributed by atoms with E-state index in [2.05, 4.69) is 9.97 Å². The van der Waals surface area contributed by atoms with E-state index in [1.807, 2.05) is 0 Å². The summed E-state index contributed by atoms with van der Waals surface area (Å²) in [6, 6.07) is -0.320. The van der Waals surface area contributed by atoms with Crippen LogP contribution in [0.15, 0.2) is 12.5 Å². The number of halogens is 1. The Balaban J connectivity index is 1.93. The van der Waals surface area contributed by atoms with Gasteiger partial charge in [-0.1, -0.05) is 11.6 Å². The van der Waals surface area contributed by atoms with Crippen LogP contribution in [0.2, 0.25) is 5.02 Å². The van der Waals surface area contributed by atoms with Crippen molar-refractivity contribution in [3.05, 3.63) is 23.2 Å². The number of rotatable bonds is 1. The van der Waals surface area contributed by atoms with Crippen LogP contribution in [0.1, 0.15) is 31.4 Å². The Bertz CT molecular complexity index is 511. The predicted octanol–water partition coefficient (Wildman–Crippen LogP) is 1.62. The van der Waals surface area contributed by atoms with Crippen molar-refractivity contribution >= 4 is 17.7 Å². The average Bonchev–Trinajstić information content (AvgIpc) is 2.63. The monoisotopic (exact) mass is 283 g/mol. The Morgan fingerprint density at radius 1 is 1.42 bits per heavy atom. The van der Waals surface area contributed by atoms with Crippen molar-refractivity contribution in [3.8, 4) is 0 Å². The Morgan fingerprint density at radius 3 is 2.58 bits per heavy atom. The van der Waals surface area contributed by atoms with Gasteiger partial charge in [-0.25, -0.2) is 14.8 Å². The van der Waals surface area contributed by atoms with Crippen molar-refractivity contribution in [1.82, 2.24) is 14.9 Å². The lowest BCUT2D eigenvalue weighted by molar-refractivity contribution is -0.0521. The lowest BCUT2D eigenvalue weighted by Gasteiger charge is -2.42. The van der Waals surface area contributed by atoms with Crippen LogP contribution in [0.3, 0.4) is 0 Å². The van der Waals surface area contributed by atoms with Gasteiger partial charge >= 0.3 is 6.09 Å². The fraction of sp³-hybridized carbons (Fsp3) is 0.583. The van der Waals surface area contributed by atoms with Crippen molar-refractivity contribution in [2.45, 2.75) is 43.4 Å². The lowest BCUT2D eigenvalue weighted by atomic mass is 9.83. The summed E-state index contributed by atoms with van der Waals surface area (Å²) in [6.45, 7) is 0. The molecule has 2 aliphatic heterocycles. The number of piperidine rings is 1. The highest BCUT2D eigenvalue weighted by molar-refractivity contribution is 6.31. The zero-order chi connectivity index (χ0) is 13.6. The molecule has 2 bridgehead atoms. The van der Waals surface area contributed by atoms with Gasteiger partial charge in [0.1, 0.15) is 11.9 Å². The molecule has 0 aromatic carbocycles. The van der Waals surface area contributed by atoms with Crippen LogP contribution in [0.4, 0.5) is 4.79 Å². The van der Waals surface area contributed by atoms with Crippen molar-refractivity contribution in [1.29, 1.82) is 0 Å². The van der Waals surface area contributed by atoms with E-state index in [0.29, 0.717) is 23.6 Å². The van der Waals surface area contributed by atoms with E-state index in [9.17, 15) is 15.0 Å². The third-order valence-electron chi connectivity index (χ3n) is 4.10. The fourth-order valence-corrected chi connectivity index (χ4v) is 3.67. The largest absolute Gasteiger partial charge is 0.465 e. The van der Waals surface area contributed by atoms with Gasteiger partial charge < -0.3 is 15.1 Å². The number of carbonyl (C=O) groups is 1. The molecule has 0 radical (unpaired) electrons. The molecule has 2 N–H and O–H groups in total. The van der Waals surface area contributed by atoms with Crippen LogP contribution in [-0.2, 0) is 5.60 Å². The van der Waals surface area contributed by atoms with E-state index < -0.39 is 11.7 Å². The number of hydrogen-bond acceptors (Lipinski definition) is 4. The summed E-state index contributed by atoms with van der Waals surface area (Å²) < 4.78 is 0. The van der Waals surface area contributed by atoms with E-state index >= 15 is 0 Å². The van der Waals surface area contributed by atoms with Crippen molar-refractivity contribution in [3.63, 3.8) is 0 Å². The van der Waals surface area contributed by atoms with Crippen LogP contribution in [-0.4, -0.2) is 43.3 Å². The molecule has 0 spiro atoms. The Kier molecular flexibility index (Phi) is 2.87. The van der Waals surface area contributed by atoms with Gasteiger partial charge in [0, 0.05) is 31.1 Å². The highest BCUT2D eigenvalue weighted by atomic mass is 35.5. The summed E-state index contributed by atoms with van der Waals surface area (Å²) in [6.07, 6.45) is 4.13. The molecular formula is C12H14ClN3O3. The molecule has 6 nitrogen and oxygen atoms in total. The molecule has 102 valence electrons. The summed E-state index contributed by atoms with van der Waals surface area (Å²) in [7, 11) is 0. The molecule has 0 saturated carbocycles. The van der Waals surface area contributed by atoms with Gasteiger partial charge in [-0.2, -0.15) is 0 Å². The van der Waals surface area contributed by atoms with Crippen molar-refractivity contribution < 1.29 is 15.0 Å². The second-order valence-corrected chi connectivity index (χ2v) is 5.64. The average molecular weight is 284 g/mol. The number of carboxylic acid groups (broad SMARTS) is 1. The van der Waals surface area contributed by atoms with Crippen LogP contribution >= 0.6 is 11.6 Å². The van der Waals surface area contributed by atoms with Crippen LogP contribution in [0.25, 0.3) is 0 Å². The minimum absolute atomic E-state index is 0.160. The van der Waals surface area contributed by atoms with E-state index in [1.165, 1.54) is 17.4 Å². The third-order valence-corrected chi connectivity index (χ3v) is 4.37. The number of fused-ring (bicyclic) bond motifs is 2. The number of nitrogens with zero attached hydrogens (tertiary/aromatic N) is 3. The maximum absolute atomic E-state index is 11.2. The summed E-state index contributed by atoms with van der Waals surface area (Å²) in [5.74, 6) is 0. The summed E-state index contributed by atoms with van der Waals surface area (Å²) in [4.78, 5) is 20.6. The van der Waals surface area contributed by atoms with Gasteiger partial charge in [0.05, 0.1) is 10.7 Å². The summed E-state index contributed by atoms with van der Waals surface area (Å²) in [5, 5.41) is 20.3. The molecule has 1 amide bonds. The fourth-order valence-electron chi connectivity index (χ4n) is 3.39. The van der Waals surface area contributed by atoms with E-state index in [-0.39, 0.29) is 12.1 Å². The zero-order valence-corrected chi connectivity index (χ0v) is 10.9. The normalized spacial score (nSPS) is 33.5. The minimum atomic E-state index is -1.15. The maximum atomic E-state index is 11.2. The number of amides is 1. The number of hydrogen-bond donors (Lipinski definition) is 2. The standard InChI is InChI=1S/C12H14ClN3O3/c13-9-5-14-6-15-10(9)12(19)3-7-1-2-8(4-12)16(7)11(17)18/h5-8,19H,1-4H2,(H,17,18). The first-order valence-electron chi connectivity index (χ1n) is 6.21. The minimum Gasteiger partial charge on any atom is -0.465 e. The number of aromatic nitrogens is 2. The highest BCUT2D eigenvalue weighted by Gasteiger charge is 2.51. The van der Waals surface area contributed by atoms with Crippen LogP contribution < -0.4 is 0 Å². The van der Waals surface area contributed by atoms with Crippen LogP contribution in [0, 0.1) is 0 Å². The van der Waals surface area contributed by atoms with Gasteiger partial charge in [0.25, 0.3) is 0 Å². The number of aliphatic hydroxyl groups is 1. The third kappa shape index (κ3) is 1.95. The molecule has 3 rings (SSSR count). The topological polar surface area (TPSA) is 86.5 Å². The van der Waals surface area contributed by atoms with Gasteiger partial charge in [-0.05, 0) is 12.8 Å². The van der Waals surface area contributed by atoms with Gasteiger partial charge in [0.15, 0.2) is 0 Å². The molecular weight excluding hydrogens is 270 g/mol. The molecule has 2 saturated heterocycles. The molecule has 1 aromatic rings. The van der Waals surface area contributed by atoms with E-state index in [1.54, 1.807) is 0 Å². The molecule has 1 aromatic heterocycles. The predicted molar refractivity (Wildman–Crippen MR) is 66.8 cm³/mol. The highest BCUT2D eigenvalue weighted by Crippen LogP contribution is 2.46. The Labute approximate surface area is 115 Å². The maximum Gasteiger partial charge on any atom is 0.407 e. The van der Waals surface area contributed by atoms with Gasteiger partial charge in [0.2, 0.25) is 0 Å². The molecule has 2 aliphatic rings. The second-order valence-electron chi connectivity index (χ2n) is 5.23. The zero-order valence-electron chi connectivity index (χ0n) is 10.2. The first-order valence-corrected chi connectivity index (χ1v) is 6.59. The van der Waals surface area contributed by atoms with E-state index in [0.717, 1.165) is 12.8 Å². The first kappa shape index (κ1) is 12.6.